The molecule has 0 radical (unpaired) electrons. The van der Waals surface area contributed by atoms with Crippen LogP contribution >= 0.6 is 0 Å². The van der Waals surface area contributed by atoms with E-state index in [1.165, 1.54) is 0 Å². The van der Waals surface area contributed by atoms with Gasteiger partial charge in [-0.1, -0.05) is 65.8 Å². The molecule has 1 aliphatic rings. The number of ketones is 1. The minimum Gasteiger partial charge on any atom is -0.491 e. The minimum atomic E-state index is 0.00957. The van der Waals surface area contributed by atoms with Gasteiger partial charge in [0, 0.05) is 23.7 Å². The summed E-state index contributed by atoms with van der Waals surface area (Å²) in [6.07, 6.45) is 9.25. The van der Waals surface area contributed by atoms with Gasteiger partial charge < -0.3 is 9.47 Å². The van der Waals surface area contributed by atoms with E-state index in [1.807, 2.05) is 64.4 Å². The average Bonchev–Trinajstić information content (AvgIpc) is 2.92. The van der Waals surface area contributed by atoms with E-state index in [0.717, 1.165) is 23.3 Å². The van der Waals surface area contributed by atoms with Crippen molar-refractivity contribution in [3.63, 3.8) is 0 Å². The van der Waals surface area contributed by atoms with Gasteiger partial charge >= 0.3 is 0 Å². The largest absolute Gasteiger partial charge is 0.491 e. The molecule has 154 valence electrons. The Bertz CT molecular complexity index is 686. The van der Waals surface area contributed by atoms with E-state index in [2.05, 4.69) is 31.0 Å². The van der Waals surface area contributed by atoms with Crippen molar-refractivity contribution < 1.29 is 14.3 Å². The van der Waals surface area contributed by atoms with Crippen molar-refractivity contribution in [3.05, 3.63) is 48.2 Å². The standard InChI is InChI=1S/C22H29NO3.C2H6/c1-5-22(4)11-10-19(14-23-16-22)18-6-8-20(9-7-18)26-13-12-25-15-21(24)17(2)3;1-2/h6-11,14,16-17H,5,12-13,15H2,1-4H3;1-2H3. The van der Waals surface area contributed by atoms with Crippen LogP contribution in [0.1, 0.15) is 53.5 Å². The van der Waals surface area contributed by atoms with Crippen molar-refractivity contribution in [2.45, 2.75) is 48.0 Å². The maximum Gasteiger partial charge on any atom is 0.160 e. The summed E-state index contributed by atoms with van der Waals surface area (Å²) in [7, 11) is 0. The van der Waals surface area contributed by atoms with Crippen LogP contribution in [0.3, 0.4) is 0 Å². The molecule has 1 atom stereocenters. The molecule has 1 unspecified atom stereocenters. The van der Waals surface area contributed by atoms with Crippen molar-refractivity contribution in [1.29, 1.82) is 0 Å². The molecule has 0 saturated heterocycles. The highest BCUT2D eigenvalue weighted by molar-refractivity contribution is 5.81. The zero-order valence-electron chi connectivity index (χ0n) is 18.2. The van der Waals surface area contributed by atoms with Crippen molar-refractivity contribution >= 4 is 17.6 Å². The van der Waals surface area contributed by atoms with E-state index in [4.69, 9.17) is 9.47 Å². The second-order valence-electron chi connectivity index (χ2n) is 7.10. The Kier molecular flexibility index (Phi) is 10.5. The molecule has 0 spiro atoms. The van der Waals surface area contributed by atoms with E-state index in [-0.39, 0.29) is 23.7 Å². The first-order valence-electron chi connectivity index (χ1n) is 10.2. The van der Waals surface area contributed by atoms with E-state index in [1.54, 1.807) is 0 Å². The normalized spacial score (nSPS) is 18.2. The van der Waals surface area contributed by atoms with Crippen LogP contribution in [0, 0.1) is 11.3 Å². The summed E-state index contributed by atoms with van der Waals surface area (Å²) in [5.74, 6) is 0.906. The zero-order chi connectivity index (χ0) is 21.0. The van der Waals surface area contributed by atoms with Gasteiger partial charge in [0.05, 0.1) is 6.61 Å². The molecule has 0 fully saturated rings. The summed E-state index contributed by atoms with van der Waals surface area (Å²) in [6, 6.07) is 7.94. The van der Waals surface area contributed by atoms with Crippen LogP contribution in [0.15, 0.2) is 47.6 Å². The lowest BCUT2D eigenvalue weighted by atomic mass is 9.88. The summed E-state index contributed by atoms with van der Waals surface area (Å²) >= 11 is 0. The zero-order valence-corrected chi connectivity index (χ0v) is 18.2. The third-order valence-electron chi connectivity index (χ3n) is 4.56. The van der Waals surface area contributed by atoms with E-state index >= 15 is 0 Å². The Morgan fingerprint density at radius 2 is 1.82 bits per heavy atom. The summed E-state index contributed by atoms with van der Waals surface area (Å²) < 4.78 is 11.0. The van der Waals surface area contributed by atoms with E-state index in [0.29, 0.717) is 13.2 Å². The smallest absolute Gasteiger partial charge is 0.160 e. The first-order valence-corrected chi connectivity index (χ1v) is 10.2. The number of Topliss-reactive ketones (excluding diaryl/α,β-unsaturated/α-hetero) is 1. The third-order valence-corrected chi connectivity index (χ3v) is 4.56. The molecule has 0 bridgehead atoms. The predicted octanol–water partition coefficient (Wildman–Crippen LogP) is 5.73. The monoisotopic (exact) mass is 385 g/mol. The Morgan fingerprint density at radius 1 is 1.14 bits per heavy atom. The first-order chi connectivity index (χ1) is 13.4. The summed E-state index contributed by atoms with van der Waals surface area (Å²) in [6.45, 7) is 13.1. The number of benzene rings is 1. The molecular weight excluding hydrogens is 350 g/mol. The molecule has 1 aliphatic heterocycles. The number of nitrogens with zero attached hydrogens (tertiary/aromatic N) is 1. The van der Waals surface area contributed by atoms with Crippen LogP contribution in [0.5, 0.6) is 5.75 Å². The molecule has 1 aromatic rings. The van der Waals surface area contributed by atoms with Crippen LogP contribution in [-0.4, -0.2) is 31.8 Å². The number of carbonyl (C=O) groups is 1. The summed E-state index contributed by atoms with van der Waals surface area (Å²) in [4.78, 5) is 15.9. The van der Waals surface area contributed by atoms with Crippen LogP contribution in [-0.2, 0) is 9.53 Å². The fourth-order valence-corrected chi connectivity index (χ4v) is 2.34. The highest BCUT2D eigenvalue weighted by Gasteiger charge is 2.16. The number of rotatable bonds is 9. The van der Waals surface area contributed by atoms with Gasteiger partial charge in [0.1, 0.15) is 19.0 Å². The number of carbonyl (C=O) groups excluding carboxylic acids is 1. The van der Waals surface area contributed by atoms with Crippen molar-refractivity contribution in [3.8, 4) is 5.75 Å². The van der Waals surface area contributed by atoms with Gasteiger partial charge in [0.25, 0.3) is 0 Å². The van der Waals surface area contributed by atoms with Crippen LogP contribution in [0.4, 0.5) is 0 Å². The lowest BCUT2D eigenvalue weighted by Crippen LogP contribution is -2.17. The number of ether oxygens (including phenoxy) is 2. The highest BCUT2D eigenvalue weighted by Crippen LogP contribution is 2.27. The first kappa shape index (κ1) is 23.8. The van der Waals surface area contributed by atoms with Crippen molar-refractivity contribution in [1.82, 2.24) is 0 Å². The van der Waals surface area contributed by atoms with E-state index in [9.17, 15) is 4.79 Å². The molecule has 0 aromatic heterocycles. The second kappa shape index (κ2) is 12.3. The van der Waals surface area contributed by atoms with Gasteiger partial charge in [-0.15, -0.1) is 0 Å². The van der Waals surface area contributed by atoms with Gasteiger partial charge in [0.2, 0.25) is 0 Å². The molecule has 0 aliphatic carbocycles. The average molecular weight is 386 g/mol. The lowest BCUT2D eigenvalue weighted by Gasteiger charge is -2.16. The molecular formula is C24H35NO3. The highest BCUT2D eigenvalue weighted by atomic mass is 16.5. The SMILES string of the molecule is CC.CCC1(C)C=CC(c2ccc(OCCOCC(=O)C(C)C)cc2)=CN=C1. The molecule has 1 heterocycles. The predicted molar refractivity (Wildman–Crippen MR) is 118 cm³/mol. The Hall–Kier alpha value is -2.20. The van der Waals surface area contributed by atoms with Gasteiger partial charge in [-0.3, -0.25) is 9.79 Å². The summed E-state index contributed by atoms with van der Waals surface area (Å²) in [5, 5.41) is 0. The molecule has 0 saturated carbocycles. The maximum absolute atomic E-state index is 11.5. The Labute approximate surface area is 170 Å². The third kappa shape index (κ3) is 7.81. The number of allylic oxidation sites excluding steroid dienone is 3. The topological polar surface area (TPSA) is 47.9 Å². The number of aliphatic imine (C=N–C) groups is 1. The minimum absolute atomic E-state index is 0.00957. The van der Waals surface area contributed by atoms with Crippen LogP contribution in [0.25, 0.3) is 5.57 Å². The Balaban J connectivity index is 0.00000190. The van der Waals surface area contributed by atoms with Crippen LogP contribution in [0.2, 0.25) is 0 Å². The van der Waals surface area contributed by atoms with Gasteiger partial charge in [0.15, 0.2) is 5.78 Å². The maximum atomic E-state index is 11.5. The fraction of sp³-hybridized carbons (Fsp3) is 0.500. The lowest BCUT2D eigenvalue weighted by molar-refractivity contribution is -0.126. The van der Waals surface area contributed by atoms with E-state index < -0.39 is 0 Å². The second-order valence-corrected chi connectivity index (χ2v) is 7.10. The molecule has 0 amide bonds. The molecule has 28 heavy (non-hydrogen) atoms. The van der Waals surface area contributed by atoms with Gasteiger partial charge in [-0.05, 0) is 29.7 Å². The molecule has 4 nitrogen and oxygen atoms in total. The van der Waals surface area contributed by atoms with Crippen molar-refractivity contribution in [2.24, 2.45) is 16.3 Å². The Morgan fingerprint density at radius 3 is 2.43 bits per heavy atom. The van der Waals surface area contributed by atoms with Gasteiger partial charge in [-0.2, -0.15) is 0 Å². The summed E-state index contributed by atoms with van der Waals surface area (Å²) in [5.41, 5.74) is 2.20. The molecule has 1 aromatic carbocycles. The quantitative estimate of drug-likeness (QED) is 0.510. The number of hydrogen-bond acceptors (Lipinski definition) is 4. The molecule has 2 rings (SSSR count). The van der Waals surface area contributed by atoms with Crippen LogP contribution < -0.4 is 4.74 Å². The number of hydrogen-bond donors (Lipinski definition) is 0. The molecule has 4 heteroatoms. The van der Waals surface area contributed by atoms with Crippen molar-refractivity contribution in [2.75, 3.05) is 19.8 Å². The molecule has 0 N–H and O–H groups in total. The fourth-order valence-electron chi connectivity index (χ4n) is 2.34. The van der Waals surface area contributed by atoms with Gasteiger partial charge in [-0.25, -0.2) is 0 Å².